The van der Waals surface area contributed by atoms with Crippen LogP contribution in [-0.4, -0.2) is 11.1 Å². The van der Waals surface area contributed by atoms with Crippen molar-refractivity contribution in [2.75, 3.05) is 5.73 Å². The van der Waals surface area contributed by atoms with E-state index in [1.54, 1.807) is 31.2 Å². The highest BCUT2D eigenvalue weighted by Gasteiger charge is 2.10. The lowest BCUT2D eigenvalue weighted by atomic mass is 10.0. The fraction of sp³-hybridized carbons (Fsp3) is 0.333. The predicted octanol–water partition coefficient (Wildman–Crippen LogP) is 0.649. The SMILES string of the molecule is C[C@@H](N)[C@@H](O)c1ccc(N)cc1. The molecule has 0 amide bonds. The van der Waals surface area contributed by atoms with Gasteiger partial charge in [-0.2, -0.15) is 0 Å². The maximum Gasteiger partial charge on any atom is 0.0938 e. The zero-order valence-electron chi connectivity index (χ0n) is 7.07. The maximum absolute atomic E-state index is 9.52. The summed E-state index contributed by atoms with van der Waals surface area (Å²) in [6.45, 7) is 1.76. The molecule has 12 heavy (non-hydrogen) atoms. The quantitative estimate of drug-likeness (QED) is 0.565. The third-order valence-electron chi connectivity index (χ3n) is 1.78. The van der Waals surface area contributed by atoms with Gasteiger partial charge in [0.1, 0.15) is 0 Å². The van der Waals surface area contributed by atoms with E-state index < -0.39 is 6.10 Å². The second-order valence-electron chi connectivity index (χ2n) is 2.97. The van der Waals surface area contributed by atoms with Gasteiger partial charge in [-0.15, -0.1) is 0 Å². The first-order valence-electron chi connectivity index (χ1n) is 3.90. The van der Waals surface area contributed by atoms with E-state index in [9.17, 15) is 5.11 Å². The number of anilines is 1. The molecule has 0 aliphatic rings. The van der Waals surface area contributed by atoms with E-state index in [0.717, 1.165) is 5.56 Å². The monoisotopic (exact) mass is 166 g/mol. The number of rotatable bonds is 2. The van der Waals surface area contributed by atoms with Crippen molar-refractivity contribution in [2.45, 2.75) is 19.1 Å². The van der Waals surface area contributed by atoms with E-state index in [1.807, 2.05) is 0 Å². The van der Waals surface area contributed by atoms with Gasteiger partial charge in [0, 0.05) is 11.7 Å². The summed E-state index contributed by atoms with van der Waals surface area (Å²) < 4.78 is 0. The molecule has 0 unspecified atom stereocenters. The molecule has 5 N–H and O–H groups in total. The molecule has 66 valence electrons. The summed E-state index contributed by atoms with van der Waals surface area (Å²) >= 11 is 0. The van der Waals surface area contributed by atoms with Gasteiger partial charge in [-0.05, 0) is 24.6 Å². The van der Waals surface area contributed by atoms with Gasteiger partial charge in [0.25, 0.3) is 0 Å². The standard InChI is InChI=1S/C9H14N2O/c1-6(10)9(12)7-2-4-8(11)5-3-7/h2-6,9,12H,10-11H2,1H3/t6-,9-/m1/s1. The molecular weight excluding hydrogens is 152 g/mol. The van der Waals surface area contributed by atoms with Gasteiger partial charge in [0.2, 0.25) is 0 Å². The fourth-order valence-electron chi connectivity index (χ4n) is 0.997. The lowest BCUT2D eigenvalue weighted by Gasteiger charge is -2.14. The lowest BCUT2D eigenvalue weighted by molar-refractivity contribution is 0.153. The molecule has 3 nitrogen and oxygen atoms in total. The first-order chi connectivity index (χ1) is 5.61. The minimum absolute atomic E-state index is 0.256. The lowest BCUT2D eigenvalue weighted by Crippen LogP contribution is -2.24. The Labute approximate surface area is 72.0 Å². The normalized spacial score (nSPS) is 15.6. The maximum atomic E-state index is 9.52. The van der Waals surface area contributed by atoms with Crippen LogP contribution in [0.4, 0.5) is 5.69 Å². The average Bonchev–Trinajstić information content (AvgIpc) is 2.04. The predicted molar refractivity (Wildman–Crippen MR) is 49.5 cm³/mol. The van der Waals surface area contributed by atoms with Crippen LogP contribution < -0.4 is 11.5 Å². The molecule has 0 saturated carbocycles. The van der Waals surface area contributed by atoms with Gasteiger partial charge in [0.05, 0.1) is 6.10 Å². The largest absolute Gasteiger partial charge is 0.399 e. The van der Waals surface area contributed by atoms with Gasteiger partial charge in [-0.1, -0.05) is 12.1 Å². The second kappa shape index (κ2) is 3.56. The smallest absolute Gasteiger partial charge is 0.0938 e. The van der Waals surface area contributed by atoms with Crippen LogP contribution in [0.25, 0.3) is 0 Å². The van der Waals surface area contributed by atoms with Crippen molar-refractivity contribution in [3.8, 4) is 0 Å². The summed E-state index contributed by atoms with van der Waals surface area (Å²) in [7, 11) is 0. The molecule has 0 fully saturated rings. The van der Waals surface area contributed by atoms with E-state index in [0.29, 0.717) is 5.69 Å². The molecule has 2 atom stereocenters. The molecule has 1 aromatic rings. The summed E-state index contributed by atoms with van der Waals surface area (Å²) in [5.74, 6) is 0. The van der Waals surface area contributed by atoms with Crippen LogP contribution in [0.1, 0.15) is 18.6 Å². The summed E-state index contributed by atoms with van der Waals surface area (Å²) in [6.07, 6.45) is -0.606. The van der Waals surface area contributed by atoms with Gasteiger partial charge >= 0.3 is 0 Å². The highest BCUT2D eigenvalue weighted by Crippen LogP contribution is 2.16. The summed E-state index contributed by atoms with van der Waals surface area (Å²) in [5, 5.41) is 9.52. The minimum atomic E-state index is -0.606. The van der Waals surface area contributed by atoms with Gasteiger partial charge < -0.3 is 16.6 Å². The Balaban J connectivity index is 2.82. The number of hydrogen-bond donors (Lipinski definition) is 3. The Morgan fingerprint density at radius 3 is 2.17 bits per heavy atom. The van der Waals surface area contributed by atoms with E-state index in [2.05, 4.69) is 0 Å². The van der Waals surface area contributed by atoms with Crippen LogP contribution in [0.3, 0.4) is 0 Å². The Bertz CT molecular complexity index is 243. The van der Waals surface area contributed by atoms with Crippen molar-refractivity contribution < 1.29 is 5.11 Å². The second-order valence-corrected chi connectivity index (χ2v) is 2.97. The van der Waals surface area contributed by atoms with Crippen LogP contribution in [0, 0.1) is 0 Å². The van der Waals surface area contributed by atoms with E-state index >= 15 is 0 Å². The molecular formula is C9H14N2O. The van der Waals surface area contributed by atoms with Crippen LogP contribution in [-0.2, 0) is 0 Å². The van der Waals surface area contributed by atoms with Crippen molar-refractivity contribution in [3.05, 3.63) is 29.8 Å². The van der Waals surface area contributed by atoms with Crippen LogP contribution in [0.15, 0.2) is 24.3 Å². The molecule has 0 radical (unpaired) electrons. The Morgan fingerprint density at radius 2 is 1.75 bits per heavy atom. The third kappa shape index (κ3) is 1.96. The van der Waals surface area contributed by atoms with Crippen molar-refractivity contribution in [1.29, 1.82) is 0 Å². The van der Waals surface area contributed by atoms with Crippen LogP contribution >= 0.6 is 0 Å². The van der Waals surface area contributed by atoms with Gasteiger partial charge in [-0.25, -0.2) is 0 Å². The fourth-order valence-corrected chi connectivity index (χ4v) is 0.997. The zero-order valence-corrected chi connectivity index (χ0v) is 7.07. The highest BCUT2D eigenvalue weighted by molar-refractivity contribution is 5.40. The molecule has 0 spiro atoms. The molecule has 0 heterocycles. The highest BCUT2D eigenvalue weighted by atomic mass is 16.3. The van der Waals surface area contributed by atoms with Crippen LogP contribution in [0.5, 0.6) is 0 Å². The molecule has 0 aliphatic heterocycles. The number of nitrogens with two attached hydrogens (primary N) is 2. The number of nitrogen functional groups attached to an aromatic ring is 1. The first-order valence-corrected chi connectivity index (χ1v) is 3.90. The Morgan fingerprint density at radius 1 is 1.25 bits per heavy atom. The topological polar surface area (TPSA) is 72.3 Å². The number of hydrogen-bond acceptors (Lipinski definition) is 3. The number of aliphatic hydroxyl groups is 1. The number of benzene rings is 1. The average molecular weight is 166 g/mol. The molecule has 1 aromatic carbocycles. The van der Waals surface area contributed by atoms with E-state index in [-0.39, 0.29) is 6.04 Å². The Kier molecular flexibility index (Phi) is 2.68. The van der Waals surface area contributed by atoms with Gasteiger partial charge in [0.15, 0.2) is 0 Å². The molecule has 0 saturated heterocycles. The summed E-state index contributed by atoms with van der Waals surface area (Å²) in [6, 6.07) is 6.81. The van der Waals surface area contributed by atoms with Gasteiger partial charge in [-0.3, -0.25) is 0 Å². The molecule has 1 rings (SSSR count). The van der Waals surface area contributed by atoms with Crippen molar-refractivity contribution in [1.82, 2.24) is 0 Å². The number of aliphatic hydroxyl groups excluding tert-OH is 1. The zero-order chi connectivity index (χ0) is 9.14. The van der Waals surface area contributed by atoms with E-state index in [4.69, 9.17) is 11.5 Å². The van der Waals surface area contributed by atoms with Crippen molar-refractivity contribution >= 4 is 5.69 Å². The Hall–Kier alpha value is -1.06. The molecule has 0 aliphatic carbocycles. The molecule has 0 bridgehead atoms. The van der Waals surface area contributed by atoms with E-state index in [1.165, 1.54) is 0 Å². The van der Waals surface area contributed by atoms with Crippen LogP contribution in [0.2, 0.25) is 0 Å². The third-order valence-corrected chi connectivity index (χ3v) is 1.78. The summed E-state index contributed by atoms with van der Waals surface area (Å²) in [5.41, 5.74) is 12.5. The summed E-state index contributed by atoms with van der Waals surface area (Å²) in [4.78, 5) is 0. The molecule has 0 aromatic heterocycles. The minimum Gasteiger partial charge on any atom is -0.399 e. The first kappa shape index (κ1) is 9.03. The molecule has 3 heteroatoms. The van der Waals surface area contributed by atoms with Crippen molar-refractivity contribution in [2.24, 2.45) is 5.73 Å². The van der Waals surface area contributed by atoms with Crippen molar-refractivity contribution in [3.63, 3.8) is 0 Å².